The minimum Gasteiger partial charge on any atom is -0.354 e. The molecule has 10 heteroatoms. The summed E-state index contributed by atoms with van der Waals surface area (Å²) in [7, 11) is 2.00. The standard InChI is InChI=1S/C27H22ClN4O2S3/c1-3-32-24(37-25(26(32)33)27-30(2)21-10-9-18(28)13-22(21)36-27)15-23-31(11-12-35-23)16-19-14-20(29-34-19)17-7-5-4-6-8-17/h4-15H,3,16H2,1-2H3/q+1/b27-25+. The van der Waals surface area contributed by atoms with Crippen LogP contribution in [0, 0.1) is 0 Å². The Morgan fingerprint density at radius 1 is 1.16 bits per heavy atom. The Morgan fingerprint density at radius 3 is 2.81 bits per heavy atom. The Morgan fingerprint density at radius 2 is 2.00 bits per heavy atom. The Kier molecular flexibility index (Phi) is 6.54. The van der Waals surface area contributed by atoms with Gasteiger partial charge in [-0.3, -0.25) is 9.36 Å². The van der Waals surface area contributed by atoms with Gasteiger partial charge in [0.05, 0.1) is 17.1 Å². The van der Waals surface area contributed by atoms with E-state index in [-0.39, 0.29) is 5.56 Å². The third-order valence-electron chi connectivity index (χ3n) is 6.13. The highest BCUT2D eigenvalue weighted by molar-refractivity contribution is 8.08. The van der Waals surface area contributed by atoms with Gasteiger partial charge in [0.25, 0.3) is 10.6 Å². The van der Waals surface area contributed by atoms with E-state index in [1.165, 1.54) is 11.3 Å². The number of benzene rings is 2. The maximum atomic E-state index is 13.5. The van der Waals surface area contributed by atoms with Crippen molar-refractivity contribution >= 4 is 62.8 Å². The highest BCUT2D eigenvalue weighted by Gasteiger charge is 2.25. The minimum atomic E-state index is 0.0258. The molecule has 0 fully saturated rings. The van der Waals surface area contributed by atoms with E-state index in [1.54, 1.807) is 23.1 Å². The Balaban J connectivity index is 1.37. The topological polar surface area (TPSA) is 55.2 Å². The summed E-state index contributed by atoms with van der Waals surface area (Å²) in [6.45, 7) is 3.15. The lowest BCUT2D eigenvalue weighted by atomic mass is 10.1. The smallest absolute Gasteiger partial charge is 0.271 e. The van der Waals surface area contributed by atoms with Gasteiger partial charge in [-0.15, -0.1) is 11.3 Å². The molecular formula is C27H22ClN4O2S3+. The zero-order valence-corrected chi connectivity index (χ0v) is 23.3. The van der Waals surface area contributed by atoms with Gasteiger partial charge in [0.2, 0.25) is 12.3 Å². The van der Waals surface area contributed by atoms with Crippen LogP contribution in [0.3, 0.4) is 0 Å². The Bertz CT molecular complexity index is 1790. The summed E-state index contributed by atoms with van der Waals surface area (Å²) in [5, 5.41) is 8.93. The number of hydrogen-bond donors (Lipinski definition) is 0. The maximum Gasteiger partial charge on any atom is 0.271 e. The average Bonchev–Trinajstić information content (AvgIpc) is 3.68. The molecule has 0 radical (unpaired) electrons. The van der Waals surface area contributed by atoms with Crippen molar-refractivity contribution in [3.8, 4) is 11.3 Å². The number of aromatic nitrogens is 3. The van der Waals surface area contributed by atoms with Gasteiger partial charge in [-0.05, 0) is 25.1 Å². The molecule has 0 bridgehead atoms. The number of halogens is 1. The summed E-state index contributed by atoms with van der Waals surface area (Å²) in [6.07, 6.45) is 4.11. The number of anilines is 1. The second kappa shape index (κ2) is 9.98. The van der Waals surface area contributed by atoms with Crippen molar-refractivity contribution in [2.24, 2.45) is 0 Å². The largest absolute Gasteiger partial charge is 0.354 e. The Labute approximate surface area is 230 Å². The third-order valence-corrected chi connectivity index (χ3v) is 9.68. The molecule has 5 aromatic rings. The SMILES string of the molecule is CCn1c(=O)/c(=C2\Sc3cc(Cl)ccc3N2C)s/c1=C\c1scc[n+]1Cc1cc(-c2ccccc2)no1. The summed E-state index contributed by atoms with van der Waals surface area (Å²) in [5.41, 5.74) is 2.92. The van der Waals surface area contributed by atoms with Crippen molar-refractivity contribution < 1.29 is 9.09 Å². The van der Waals surface area contributed by atoms with Crippen LogP contribution in [-0.2, 0) is 13.1 Å². The van der Waals surface area contributed by atoms with Crippen molar-refractivity contribution in [2.75, 3.05) is 11.9 Å². The molecule has 2 aromatic carbocycles. The summed E-state index contributed by atoms with van der Waals surface area (Å²) in [4.78, 5) is 16.6. The number of fused-ring (bicyclic) bond motifs is 1. The van der Waals surface area contributed by atoms with Gasteiger partial charge < -0.3 is 9.42 Å². The van der Waals surface area contributed by atoms with Gasteiger partial charge >= 0.3 is 0 Å². The van der Waals surface area contributed by atoms with Crippen LogP contribution in [0.1, 0.15) is 17.7 Å². The first-order chi connectivity index (χ1) is 18.0. The lowest BCUT2D eigenvalue weighted by molar-refractivity contribution is -0.687. The molecule has 0 N–H and O–H groups in total. The van der Waals surface area contributed by atoms with Gasteiger partial charge in [0.1, 0.15) is 19.9 Å². The van der Waals surface area contributed by atoms with E-state index >= 15 is 0 Å². The van der Waals surface area contributed by atoms with Crippen LogP contribution in [0.4, 0.5) is 5.69 Å². The first kappa shape index (κ1) is 24.2. The number of thioether (sulfide) groups is 1. The fourth-order valence-corrected chi connectivity index (χ4v) is 7.86. The Hall–Kier alpha value is -3.11. The summed E-state index contributed by atoms with van der Waals surface area (Å²) in [6, 6.07) is 17.8. The van der Waals surface area contributed by atoms with Crippen molar-refractivity contribution in [3.63, 3.8) is 0 Å². The molecule has 0 unspecified atom stereocenters. The molecule has 6 rings (SSSR count). The van der Waals surface area contributed by atoms with Crippen LogP contribution in [0.2, 0.25) is 5.02 Å². The van der Waals surface area contributed by atoms with E-state index < -0.39 is 0 Å². The first-order valence-corrected chi connectivity index (χ1v) is 14.6. The summed E-state index contributed by atoms with van der Waals surface area (Å²) < 4.78 is 11.2. The van der Waals surface area contributed by atoms with E-state index in [4.69, 9.17) is 16.1 Å². The number of hydrogen-bond acceptors (Lipinski definition) is 7. The molecule has 0 atom stereocenters. The maximum absolute atomic E-state index is 13.5. The molecule has 186 valence electrons. The molecule has 3 aromatic heterocycles. The first-order valence-electron chi connectivity index (χ1n) is 11.7. The lowest BCUT2D eigenvalue weighted by Crippen LogP contribution is -2.36. The molecule has 37 heavy (non-hydrogen) atoms. The van der Waals surface area contributed by atoms with Crippen molar-refractivity contribution in [3.05, 3.63) is 102 Å². The summed E-state index contributed by atoms with van der Waals surface area (Å²) >= 11 is 10.9. The monoisotopic (exact) mass is 565 g/mol. The molecule has 1 aliphatic rings. The third kappa shape index (κ3) is 4.57. The fourth-order valence-electron chi connectivity index (χ4n) is 4.26. The van der Waals surface area contributed by atoms with E-state index in [9.17, 15) is 4.79 Å². The molecule has 0 saturated heterocycles. The molecule has 0 spiro atoms. The second-order valence-electron chi connectivity index (χ2n) is 8.46. The van der Waals surface area contributed by atoms with Crippen LogP contribution < -0.4 is 24.2 Å². The van der Waals surface area contributed by atoms with Crippen LogP contribution in [0.5, 0.6) is 0 Å². The van der Waals surface area contributed by atoms with E-state index in [2.05, 4.69) is 20.7 Å². The molecule has 0 amide bonds. The van der Waals surface area contributed by atoms with Gasteiger partial charge in [0.15, 0.2) is 6.20 Å². The summed E-state index contributed by atoms with van der Waals surface area (Å²) in [5.74, 6) is 0.771. The van der Waals surface area contributed by atoms with Crippen LogP contribution in [0.25, 0.3) is 22.4 Å². The molecule has 0 saturated carbocycles. The van der Waals surface area contributed by atoms with Crippen molar-refractivity contribution in [1.29, 1.82) is 0 Å². The highest BCUT2D eigenvalue weighted by Crippen LogP contribution is 2.46. The van der Waals surface area contributed by atoms with Crippen LogP contribution in [-0.4, -0.2) is 16.8 Å². The molecule has 1 aliphatic heterocycles. The predicted octanol–water partition coefficient (Wildman–Crippen LogP) is 4.77. The van der Waals surface area contributed by atoms with Crippen molar-refractivity contribution in [2.45, 2.75) is 24.9 Å². The van der Waals surface area contributed by atoms with E-state index in [0.717, 1.165) is 46.8 Å². The number of nitrogens with zero attached hydrogens (tertiary/aromatic N) is 4. The molecular weight excluding hydrogens is 544 g/mol. The zero-order valence-electron chi connectivity index (χ0n) is 20.1. The van der Waals surface area contributed by atoms with Crippen LogP contribution >= 0.6 is 46.0 Å². The lowest BCUT2D eigenvalue weighted by Gasteiger charge is -2.12. The molecule has 6 nitrogen and oxygen atoms in total. The number of rotatable bonds is 5. The molecule has 0 aliphatic carbocycles. The van der Waals surface area contributed by atoms with Gasteiger partial charge in [-0.1, -0.05) is 70.2 Å². The zero-order chi connectivity index (χ0) is 25.5. The van der Waals surface area contributed by atoms with Crippen molar-refractivity contribution in [1.82, 2.24) is 9.72 Å². The second-order valence-corrected chi connectivity index (χ2v) is 11.9. The van der Waals surface area contributed by atoms with Crippen LogP contribution in [0.15, 0.2) is 80.4 Å². The van der Waals surface area contributed by atoms with Gasteiger partial charge in [-0.25, -0.2) is 0 Å². The van der Waals surface area contributed by atoms with E-state index in [0.29, 0.717) is 18.1 Å². The fraction of sp³-hybridized carbons (Fsp3) is 0.148. The van der Waals surface area contributed by atoms with E-state index in [1.807, 2.05) is 84.7 Å². The van der Waals surface area contributed by atoms with Gasteiger partial charge in [-0.2, -0.15) is 4.57 Å². The highest BCUT2D eigenvalue weighted by atomic mass is 35.5. The number of thiazole rings is 2. The minimum absolute atomic E-state index is 0.0258. The average molecular weight is 566 g/mol. The molecule has 4 heterocycles. The predicted molar refractivity (Wildman–Crippen MR) is 152 cm³/mol. The van der Waals surface area contributed by atoms with Gasteiger partial charge in [0, 0.05) is 35.1 Å². The quantitative estimate of drug-likeness (QED) is 0.287. The normalized spacial score (nSPS) is 15.0.